The van der Waals surface area contributed by atoms with Gasteiger partial charge in [0, 0.05) is 24.1 Å². The summed E-state index contributed by atoms with van der Waals surface area (Å²) < 4.78 is 14.3. The molecule has 0 atom stereocenters. The topological polar surface area (TPSA) is 52.6 Å². The summed E-state index contributed by atoms with van der Waals surface area (Å²) in [5.41, 5.74) is 0.539. The Bertz CT molecular complexity index is 468. The number of rotatable bonds is 7. The molecule has 2 N–H and O–H groups in total. The number of amides is 2. The van der Waals surface area contributed by atoms with Gasteiger partial charge in [0.05, 0.1) is 6.61 Å². The molecule has 110 valence electrons. The van der Waals surface area contributed by atoms with E-state index in [1.807, 2.05) is 0 Å². The average Bonchev–Trinajstić information content (AvgIpc) is 2.42. The molecule has 0 aliphatic rings. The van der Waals surface area contributed by atoms with Crippen molar-refractivity contribution in [3.63, 3.8) is 0 Å². The van der Waals surface area contributed by atoms with Crippen molar-refractivity contribution in [3.05, 3.63) is 46.7 Å². The van der Waals surface area contributed by atoms with Gasteiger partial charge in [0.2, 0.25) is 0 Å². The van der Waals surface area contributed by atoms with Crippen molar-refractivity contribution in [1.29, 1.82) is 0 Å². The van der Waals surface area contributed by atoms with Crippen molar-refractivity contribution >= 4 is 22.0 Å². The summed E-state index contributed by atoms with van der Waals surface area (Å²) in [7, 11) is 0. The highest BCUT2D eigenvalue weighted by Crippen LogP contribution is 2.15. The van der Waals surface area contributed by atoms with E-state index >= 15 is 0 Å². The van der Waals surface area contributed by atoms with Gasteiger partial charge in [-0.1, -0.05) is 22.0 Å². The molecule has 0 heterocycles. The molecule has 2 amide bonds. The third-order valence-electron chi connectivity index (χ3n) is 2.68. The Morgan fingerprint density at radius 2 is 2.30 bits per heavy atom. The molecule has 0 unspecified atom stereocenters. The lowest BCUT2D eigenvalue weighted by atomic mass is 10.1. The first-order valence-corrected chi connectivity index (χ1v) is 7.06. The second-order valence-corrected chi connectivity index (χ2v) is 5.09. The molecular formula is C14H18BrFN2O2. The number of carbonyl (C=O) groups excluding carboxylic acids is 1. The van der Waals surface area contributed by atoms with E-state index in [-0.39, 0.29) is 25.0 Å². The van der Waals surface area contributed by atoms with Gasteiger partial charge in [-0.25, -0.2) is 9.18 Å². The summed E-state index contributed by atoms with van der Waals surface area (Å²) in [6.07, 6.45) is 1.99. The molecule has 0 spiro atoms. The van der Waals surface area contributed by atoms with E-state index in [1.54, 1.807) is 18.2 Å². The van der Waals surface area contributed by atoms with E-state index in [1.165, 1.54) is 11.0 Å². The lowest BCUT2D eigenvalue weighted by molar-refractivity contribution is 0.184. The van der Waals surface area contributed by atoms with Crippen LogP contribution in [0, 0.1) is 5.82 Å². The van der Waals surface area contributed by atoms with E-state index < -0.39 is 0 Å². The molecule has 1 rings (SSSR count). The molecule has 0 aliphatic carbocycles. The number of halogens is 2. The first-order chi connectivity index (χ1) is 9.58. The van der Waals surface area contributed by atoms with Crippen LogP contribution in [0.5, 0.6) is 0 Å². The average molecular weight is 345 g/mol. The minimum atomic E-state index is -0.297. The molecular weight excluding hydrogens is 327 g/mol. The Morgan fingerprint density at radius 1 is 1.55 bits per heavy atom. The van der Waals surface area contributed by atoms with Crippen molar-refractivity contribution in [2.45, 2.75) is 6.42 Å². The van der Waals surface area contributed by atoms with Gasteiger partial charge >= 0.3 is 6.03 Å². The Morgan fingerprint density at radius 3 is 2.95 bits per heavy atom. The fourth-order valence-corrected chi connectivity index (χ4v) is 2.11. The molecule has 0 aromatic heterocycles. The number of carbonyl (C=O) groups is 1. The number of nitrogens with one attached hydrogen (secondary N) is 1. The van der Waals surface area contributed by atoms with Crippen LogP contribution in [0.1, 0.15) is 5.56 Å². The van der Waals surface area contributed by atoms with E-state index in [9.17, 15) is 9.18 Å². The van der Waals surface area contributed by atoms with Gasteiger partial charge in [0.1, 0.15) is 5.82 Å². The number of hydrogen-bond acceptors (Lipinski definition) is 2. The predicted molar refractivity (Wildman–Crippen MR) is 80.1 cm³/mol. The maximum Gasteiger partial charge on any atom is 0.317 e. The molecule has 0 aliphatic heterocycles. The summed E-state index contributed by atoms with van der Waals surface area (Å²) in [5.74, 6) is -0.291. The van der Waals surface area contributed by atoms with Crippen molar-refractivity contribution in [3.8, 4) is 0 Å². The third-order valence-corrected chi connectivity index (χ3v) is 3.18. The van der Waals surface area contributed by atoms with E-state index in [4.69, 9.17) is 5.11 Å². The van der Waals surface area contributed by atoms with Crippen LogP contribution in [0.15, 0.2) is 35.3 Å². The maximum absolute atomic E-state index is 13.5. The highest BCUT2D eigenvalue weighted by atomic mass is 79.9. The number of hydrogen-bond donors (Lipinski definition) is 2. The molecule has 20 heavy (non-hydrogen) atoms. The number of aliphatic hydroxyl groups is 1. The number of aliphatic hydroxyl groups excluding tert-OH is 1. The number of nitrogens with zero attached hydrogens (tertiary/aromatic N) is 1. The summed E-state index contributed by atoms with van der Waals surface area (Å²) in [6, 6.07) is 4.41. The molecule has 0 bridgehead atoms. The van der Waals surface area contributed by atoms with Gasteiger partial charge < -0.3 is 15.3 Å². The summed E-state index contributed by atoms with van der Waals surface area (Å²) >= 11 is 3.28. The molecule has 4 nitrogen and oxygen atoms in total. The van der Waals surface area contributed by atoms with Crippen molar-refractivity contribution in [2.75, 3.05) is 26.2 Å². The van der Waals surface area contributed by atoms with Gasteiger partial charge in [0.25, 0.3) is 0 Å². The zero-order chi connectivity index (χ0) is 15.0. The quantitative estimate of drug-likeness (QED) is 0.746. The van der Waals surface area contributed by atoms with Crippen LogP contribution in [-0.4, -0.2) is 42.3 Å². The molecule has 1 aromatic carbocycles. The van der Waals surface area contributed by atoms with Crippen LogP contribution < -0.4 is 5.32 Å². The van der Waals surface area contributed by atoms with E-state index in [2.05, 4.69) is 27.8 Å². The monoisotopic (exact) mass is 344 g/mol. The van der Waals surface area contributed by atoms with Crippen molar-refractivity contribution in [1.82, 2.24) is 10.2 Å². The summed E-state index contributed by atoms with van der Waals surface area (Å²) in [5, 5.41) is 11.6. The predicted octanol–water partition coefficient (Wildman–Crippen LogP) is 2.32. The van der Waals surface area contributed by atoms with Crippen molar-refractivity contribution < 1.29 is 14.3 Å². The third kappa shape index (κ3) is 5.30. The number of urea groups is 1. The summed E-state index contributed by atoms with van der Waals surface area (Å²) in [6.45, 7) is 4.37. The first kappa shape index (κ1) is 16.7. The van der Waals surface area contributed by atoms with Crippen LogP contribution in [0.3, 0.4) is 0 Å². The minimum absolute atomic E-state index is 0.110. The van der Waals surface area contributed by atoms with Crippen LogP contribution in [-0.2, 0) is 6.42 Å². The smallest absolute Gasteiger partial charge is 0.317 e. The standard InChI is InChI=1S/C14H18BrFN2O2/c1-2-7-18(8-9-19)14(20)17-6-5-11-10-12(15)3-4-13(11)16/h2-4,10,19H,1,5-9H2,(H,17,20). The first-order valence-electron chi connectivity index (χ1n) is 6.27. The van der Waals surface area contributed by atoms with Crippen LogP contribution in [0.25, 0.3) is 0 Å². The maximum atomic E-state index is 13.5. The zero-order valence-corrected chi connectivity index (χ0v) is 12.7. The lowest BCUT2D eigenvalue weighted by Crippen LogP contribution is -2.42. The molecule has 0 saturated carbocycles. The molecule has 0 radical (unpaired) electrons. The summed E-state index contributed by atoms with van der Waals surface area (Å²) in [4.78, 5) is 13.3. The Hall–Kier alpha value is -1.40. The molecule has 0 saturated heterocycles. The fourth-order valence-electron chi connectivity index (χ4n) is 1.70. The van der Waals surface area contributed by atoms with Gasteiger partial charge in [-0.15, -0.1) is 6.58 Å². The zero-order valence-electron chi connectivity index (χ0n) is 11.1. The second-order valence-electron chi connectivity index (χ2n) is 4.18. The Kier molecular flexibility index (Phi) is 7.25. The highest BCUT2D eigenvalue weighted by molar-refractivity contribution is 9.10. The van der Waals surface area contributed by atoms with Crippen LogP contribution in [0.2, 0.25) is 0 Å². The van der Waals surface area contributed by atoms with Gasteiger partial charge in [-0.2, -0.15) is 0 Å². The Balaban J connectivity index is 2.48. The van der Waals surface area contributed by atoms with E-state index in [0.29, 0.717) is 25.1 Å². The van der Waals surface area contributed by atoms with Gasteiger partial charge in [0.15, 0.2) is 0 Å². The normalized spacial score (nSPS) is 10.2. The van der Waals surface area contributed by atoms with Gasteiger partial charge in [-0.05, 0) is 30.2 Å². The van der Waals surface area contributed by atoms with Crippen LogP contribution in [0.4, 0.5) is 9.18 Å². The molecule has 6 heteroatoms. The lowest BCUT2D eigenvalue weighted by Gasteiger charge is -2.20. The minimum Gasteiger partial charge on any atom is -0.395 e. The second kappa shape index (κ2) is 8.71. The van der Waals surface area contributed by atoms with Crippen molar-refractivity contribution in [2.24, 2.45) is 0 Å². The number of benzene rings is 1. The highest BCUT2D eigenvalue weighted by Gasteiger charge is 2.11. The van der Waals surface area contributed by atoms with Gasteiger partial charge in [-0.3, -0.25) is 0 Å². The van der Waals surface area contributed by atoms with Crippen LogP contribution >= 0.6 is 15.9 Å². The largest absolute Gasteiger partial charge is 0.395 e. The fraction of sp³-hybridized carbons (Fsp3) is 0.357. The van der Waals surface area contributed by atoms with E-state index in [0.717, 1.165) is 4.47 Å². The Labute approximate surface area is 126 Å². The molecule has 0 fully saturated rings. The molecule has 1 aromatic rings. The SMILES string of the molecule is C=CCN(CCO)C(=O)NCCc1cc(Br)ccc1F.